The molecule has 0 unspecified atom stereocenters. The van der Waals surface area contributed by atoms with Gasteiger partial charge in [-0.25, -0.2) is 4.57 Å². The molecule has 0 saturated heterocycles. The zero-order valence-electron chi connectivity index (χ0n) is 9.63. The Hall–Kier alpha value is -1.29. The lowest BCUT2D eigenvalue weighted by atomic mass is 10.3. The summed E-state index contributed by atoms with van der Waals surface area (Å²) in [5.41, 5.74) is 1.10. The molecule has 1 heterocycles. The average molecular weight is 234 g/mol. The van der Waals surface area contributed by atoms with Crippen LogP contribution in [0.4, 0.5) is 0 Å². The van der Waals surface area contributed by atoms with E-state index in [-0.39, 0.29) is 0 Å². The van der Waals surface area contributed by atoms with Crippen LogP contribution < -0.4 is 4.57 Å². The molecule has 0 fully saturated rings. The lowest BCUT2D eigenvalue weighted by Crippen LogP contribution is -2.27. The van der Waals surface area contributed by atoms with Crippen LogP contribution in [0.2, 0.25) is 0 Å². The van der Waals surface area contributed by atoms with Crippen LogP contribution in [-0.4, -0.2) is 15.5 Å². The summed E-state index contributed by atoms with van der Waals surface area (Å²) >= 11 is 1.79. The number of hydrogen-bond acceptors (Lipinski definition) is 2. The molecule has 0 aliphatic rings. The molecule has 4 heteroatoms. The van der Waals surface area contributed by atoms with Crippen molar-refractivity contribution in [3.8, 4) is 5.69 Å². The second-order valence-corrected chi connectivity index (χ2v) is 4.70. The largest absolute Gasteiger partial charge is 0.336 e. The second-order valence-electron chi connectivity index (χ2n) is 3.64. The number of rotatable bonds is 4. The van der Waals surface area contributed by atoms with E-state index in [1.54, 1.807) is 11.8 Å². The van der Waals surface area contributed by atoms with Crippen LogP contribution in [0.25, 0.3) is 5.69 Å². The number of hydrogen-bond donors (Lipinski definition) is 0. The molecule has 0 bridgehead atoms. The van der Waals surface area contributed by atoms with Crippen LogP contribution in [0.15, 0.2) is 41.8 Å². The Kier molecular flexibility index (Phi) is 3.62. The number of thioether (sulfide) groups is 1. The van der Waals surface area contributed by atoms with Crippen LogP contribution in [-0.2, 0) is 7.05 Å². The quantitative estimate of drug-likeness (QED) is 0.597. The molecule has 2 aromatic rings. The lowest BCUT2D eigenvalue weighted by molar-refractivity contribution is -0.709. The van der Waals surface area contributed by atoms with Gasteiger partial charge in [0, 0.05) is 5.75 Å². The molecular weight excluding hydrogens is 218 g/mol. The third-order valence-electron chi connectivity index (χ3n) is 2.23. The van der Waals surface area contributed by atoms with Crippen molar-refractivity contribution in [2.24, 2.45) is 7.05 Å². The highest BCUT2D eigenvalue weighted by molar-refractivity contribution is 7.99. The minimum Gasteiger partial charge on any atom is -0.228 e. The Balaban J connectivity index is 2.24. The van der Waals surface area contributed by atoms with Crippen molar-refractivity contribution in [2.75, 3.05) is 5.75 Å². The van der Waals surface area contributed by atoms with Gasteiger partial charge in [0.25, 0.3) is 0 Å². The summed E-state index contributed by atoms with van der Waals surface area (Å²) in [6.07, 6.45) is 3.18. The molecule has 0 spiro atoms. The van der Waals surface area contributed by atoms with Crippen molar-refractivity contribution in [3.63, 3.8) is 0 Å². The van der Waals surface area contributed by atoms with E-state index in [9.17, 15) is 0 Å². The first-order valence-corrected chi connectivity index (χ1v) is 6.43. The van der Waals surface area contributed by atoms with Crippen LogP contribution in [0.1, 0.15) is 13.3 Å². The summed E-state index contributed by atoms with van der Waals surface area (Å²) in [6.45, 7) is 2.18. The van der Waals surface area contributed by atoms with Crippen molar-refractivity contribution < 1.29 is 4.57 Å². The number of benzene rings is 1. The first-order chi connectivity index (χ1) is 7.81. The fraction of sp³-hybridized carbons (Fsp3) is 0.333. The fourth-order valence-electron chi connectivity index (χ4n) is 1.43. The van der Waals surface area contributed by atoms with Crippen LogP contribution in [0, 0.1) is 0 Å². The number of aromatic nitrogens is 3. The van der Waals surface area contributed by atoms with Crippen molar-refractivity contribution in [1.29, 1.82) is 0 Å². The third kappa shape index (κ3) is 2.44. The van der Waals surface area contributed by atoms with Gasteiger partial charge in [-0.05, 0) is 30.3 Å². The summed E-state index contributed by atoms with van der Waals surface area (Å²) in [5, 5.41) is 5.62. The molecule has 3 nitrogen and oxygen atoms in total. The summed E-state index contributed by atoms with van der Waals surface area (Å²) < 4.78 is 3.98. The average Bonchev–Trinajstić information content (AvgIpc) is 2.69. The van der Waals surface area contributed by atoms with Crippen molar-refractivity contribution in [2.45, 2.75) is 18.5 Å². The third-order valence-corrected chi connectivity index (χ3v) is 3.47. The highest BCUT2D eigenvalue weighted by atomic mass is 32.2. The van der Waals surface area contributed by atoms with Crippen LogP contribution in [0.5, 0.6) is 0 Å². The van der Waals surface area contributed by atoms with Gasteiger partial charge in [-0.3, -0.25) is 0 Å². The monoisotopic (exact) mass is 234 g/mol. The molecule has 0 atom stereocenters. The molecule has 84 valence electrons. The smallest absolute Gasteiger partial charge is 0.228 e. The Morgan fingerprint density at radius 2 is 2.06 bits per heavy atom. The zero-order valence-corrected chi connectivity index (χ0v) is 10.4. The van der Waals surface area contributed by atoms with E-state index in [1.165, 1.54) is 6.42 Å². The highest BCUT2D eigenvalue weighted by Crippen LogP contribution is 2.13. The van der Waals surface area contributed by atoms with Gasteiger partial charge in [0.1, 0.15) is 5.69 Å². The predicted molar refractivity (Wildman–Crippen MR) is 65.8 cm³/mol. The van der Waals surface area contributed by atoms with Gasteiger partial charge in [0.2, 0.25) is 6.33 Å². The van der Waals surface area contributed by atoms with E-state index in [2.05, 4.69) is 28.7 Å². The van der Waals surface area contributed by atoms with E-state index in [1.807, 2.05) is 36.3 Å². The minimum atomic E-state index is 1.06. The second kappa shape index (κ2) is 5.16. The number of aryl methyl sites for hydroxylation is 1. The predicted octanol–water partition coefficient (Wildman–Crippen LogP) is 2.20. The van der Waals surface area contributed by atoms with Crippen molar-refractivity contribution in [3.05, 3.63) is 36.7 Å². The van der Waals surface area contributed by atoms with E-state index in [4.69, 9.17) is 0 Å². The van der Waals surface area contributed by atoms with E-state index < -0.39 is 0 Å². The van der Waals surface area contributed by atoms with Crippen LogP contribution >= 0.6 is 11.8 Å². The van der Waals surface area contributed by atoms with Gasteiger partial charge in [0.15, 0.2) is 0 Å². The van der Waals surface area contributed by atoms with Gasteiger partial charge >= 0.3 is 5.16 Å². The van der Waals surface area contributed by atoms with Gasteiger partial charge in [0.05, 0.1) is 12.1 Å². The molecule has 0 aliphatic carbocycles. The van der Waals surface area contributed by atoms with Gasteiger partial charge in [-0.1, -0.05) is 29.8 Å². The van der Waals surface area contributed by atoms with Gasteiger partial charge in [-0.15, -0.1) is 0 Å². The molecule has 0 amide bonds. The van der Waals surface area contributed by atoms with Crippen LogP contribution in [0.3, 0.4) is 0 Å². The highest BCUT2D eigenvalue weighted by Gasteiger charge is 2.14. The normalized spacial score (nSPS) is 10.6. The maximum Gasteiger partial charge on any atom is 0.336 e. The molecule has 0 saturated carbocycles. The topological polar surface area (TPSA) is 21.7 Å². The lowest BCUT2D eigenvalue weighted by Gasteiger charge is -1.89. The standard InChI is InChI=1S/C12H16N3S/c1-3-9-16-12-13-15(10-14(12)2)11-7-5-4-6-8-11/h4-8,10H,3,9H2,1-2H3/q+1. The molecule has 0 aliphatic heterocycles. The molecule has 0 radical (unpaired) electrons. The fourth-order valence-corrected chi connectivity index (χ4v) is 2.21. The molecule has 0 N–H and O–H groups in total. The molecule has 16 heavy (non-hydrogen) atoms. The van der Waals surface area contributed by atoms with E-state index >= 15 is 0 Å². The SMILES string of the molecule is CCCSc1nn(-c2ccccc2)c[n+]1C. The summed E-state index contributed by atoms with van der Waals surface area (Å²) in [6, 6.07) is 10.2. The Morgan fingerprint density at radius 1 is 1.31 bits per heavy atom. The van der Waals surface area contributed by atoms with Crippen molar-refractivity contribution >= 4 is 11.8 Å². The maximum absolute atomic E-state index is 4.56. The maximum atomic E-state index is 4.56. The van der Waals surface area contributed by atoms with E-state index in [0.717, 1.165) is 16.6 Å². The molecular formula is C12H16N3S+. The number of nitrogens with zero attached hydrogens (tertiary/aromatic N) is 3. The van der Waals surface area contributed by atoms with E-state index in [0.29, 0.717) is 0 Å². The Morgan fingerprint density at radius 3 is 2.75 bits per heavy atom. The zero-order chi connectivity index (χ0) is 11.4. The number of para-hydroxylation sites is 1. The van der Waals surface area contributed by atoms with Crippen molar-refractivity contribution in [1.82, 2.24) is 9.78 Å². The first-order valence-electron chi connectivity index (χ1n) is 5.45. The first kappa shape index (κ1) is 11.2. The summed E-state index contributed by atoms with van der Waals surface area (Å²) in [7, 11) is 2.03. The Bertz CT molecular complexity index is 451. The summed E-state index contributed by atoms with van der Waals surface area (Å²) in [4.78, 5) is 0. The molecule has 1 aromatic heterocycles. The molecule has 2 rings (SSSR count). The molecule has 1 aromatic carbocycles. The minimum absolute atomic E-state index is 1.06. The Labute approximate surface area is 100 Å². The summed E-state index contributed by atoms with van der Waals surface area (Å²) in [5.74, 6) is 1.11. The van der Waals surface area contributed by atoms with Gasteiger partial charge in [-0.2, -0.15) is 0 Å². The van der Waals surface area contributed by atoms with Gasteiger partial charge < -0.3 is 0 Å².